The van der Waals surface area contributed by atoms with E-state index in [9.17, 15) is 9.90 Å². The molecule has 1 saturated heterocycles. The number of hydrogen-bond acceptors (Lipinski definition) is 5. The molecule has 3 heterocycles. The number of carboxylic acids is 1. The van der Waals surface area contributed by atoms with Gasteiger partial charge in [-0.1, -0.05) is 18.2 Å². The van der Waals surface area contributed by atoms with Crippen molar-refractivity contribution >= 4 is 5.97 Å². The smallest absolute Gasteiger partial charge is 0.336 e. The molecular weight excluding hydrogens is 342 g/mol. The molecule has 6 heteroatoms. The lowest BCUT2D eigenvalue weighted by atomic mass is 9.94. The van der Waals surface area contributed by atoms with Gasteiger partial charge in [0.15, 0.2) is 0 Å². The summed E-state index contributed by atoms with van der Waals surface area (Å²) in [6, 6.07) is 12.7. The van der Waals surface area contributed by atoms with Crippen molar-refractivity contribution in [1.29, 1.82) is 0 Å². The Morgan fingerprint density at radius 2 is 2.11 bits per heavy atom. The number of carboxylic acid groups (broad SMARTS) is 1. The molecule has 1 aromatic carbocycles. The molecule has 0 amide bonds. The summed E-state index contributed by atoms with van der Waals surface area (Å²) in [7, 11) is 0. The van der Waals surface area contributed by atoms with Gasteiger partial charge < -0.3 is 9.52 Å². The van der Waals surface area contributed by atoms with E-state index < -0.39 is 5.97 Å². The summed E-state index contributed by atoms with van der Waals surface area (Å²) < 4.78 is 5.97. The number of rotatable bonds is 5. The average Bonchev–Trinajstić information content (AvgIpc) is 3.17. The van der Waals surface area contributed by atoms with Gasteiger partial charge in [-0.05, 0) is 43.7 Å². The third-order valence-electron chi connectivity index (χ3n) is 4.99. The molecule has 4 rings (SSSR count). The number of aromatic nitrogens is 2. The number of piperidine rings is 1. The van der Waals surface area contributed by atoms with E-state index in [2.05, 4.69) is 14.9 Å². The van der Waals surface area contributed by atoms with Crippen LogP contribution in [0.2, 0.25) is 0 Å². The second kappa shape index (κ2) is 7.72. The highest BCUT2D eigenvalue weighted by Crippen LogP contribution is 2.29. The van der Waals surface area contributed by atoms with Crippen molar-refractivity contribution in [1.82, 2.24) is 14.9 Å². The summed E-state index contributed by atoms with van der Waals surface area (Å²) in [6.45, 7) is 2.65. The highest BCUT2D eigenvalue weighted by Gasteiger charge is 2.23. The SMILES string of the molecule is O=C(O)c1ccccc1-c1ccc(CN2CCCC(c3ccncn3)C2)o1. The average molecular weight is 363 g/mol. The van der Waals surface area contributed by atoms with Gasteiger partial charge in [0, 0.05) is 29.9 Å². The number of hydrogen-bond donors (Lipinski definition) is 1. The zero-order valence-electron chi connectivity index (χ0n) is 14.9. The van der Waals surface area contributed by atoms with E-state index in [1.54, 1.807) is 30.7 Å². The van der Waals surface area contributed by atoms with E-state index in [4.69, 9.17) is 4.42 Å². The molecule has 1 aliphatic rings. The van der Waals surface area contributed by atoms with Gasteiger partial charge >= 0.3 is 5.97 Å². The van der Waals surface area contributed by atoms with Gasteiger partial charge in [0.1, 0.15) is 17.8 Å². The lowest BCUT2D eigenvalue weighted by molar-refractivity contribution is 0.0697. The van der Waals surface area contributed by atoms with Crippen LogP contribution in [0.3, 0.4) is 0 Å². The number of furan rings is 1. The summed E-state index contributed by atoms with van der Waals surface area (Å²) >= 11 is 0. The van der Waals surface area contributed by atoms with Crippen LogP contribution in [0.25, 0.3) is 11.3 Å². The van der Waals surface area contributed by atoms with Crippen molar-refractivity contribution in [2.45, 2.75) is 25.3 Å². The minimum absolute atomic E-state index is 0.250. The molecule has 1 aliphatic heterocycles. The van der Waals surface area contributed by atoms with E-state index in [-0.39, 0.29) is 5.56 Å². The number of aromatic carboxylic acids is 1. The van der Waals surface area contributed by atoms with E-state index in [0.29, 0.717) is 23.8 Å². The van der Waals surface area contributed by atoms with Crippen molar-refractivity contribution in [3.05, 3.63) is 72.0 Å². The molecule has 138 valence electrons. The highest BCUT2D eigenvalue weighted by molar-refractivity contribution is 5.95. The van der Waals surface area contributed by atoms with Crippen molar-refractivity contribution in [3.8, 4) is 11.3 Å². The number of carbonyl (C=O) groups is 1. The number of benzene rings is 1. The monoisotopic (exact) mass is 363 g/mol. The summed E-state index contributed by atoms with van der Waals surface area (Å²) in [5.74, 6) is 0.886. The Bertz CT molecular complexity index is 923. The molecule has 0 saturated carbocycles. The Balaban J connectivity index is 1.48. The lowest BCUT2D eigenvalue weighted by Crippen LogP contribution is -2.34. The van der Waals surface area contributed by atoms with Crippen molar-refractivity contribution in [2.24, 2.45) is 0 Å². The number of nitrogens with zero attached hydrogens (tertiary/aromatic N) is 3. The van der Waals surface area contributed by atoms with E-state index in [1.165, 1.54) is 0 Å². The van der Waals surface area contributed by atoms with Gasteiger partial charge in [-0.3, -0.25) is 4.90 Å². The second-order valence-electron chi connectivity index (χ2n) is 6.83. The predicted molar refractivity (Wildman–Crippen MR) is 100 cm³/mol. The maximum atomic E-state index is 11.4. The molecule has 1 fully saturated rings. The van der Waals surface area contributed by atoms with Crippen LogP contribution in [0.5, 0.6) is 0 Å². The Morgan fingerprint density at radius 3 is 2.93 bits per heavy atom. The van der Waals surface area contributed by atoms with Crippen LogP contribution in [0, 0.1) is 0 Å². The molecule has 3 aromatic rings. The second-order valence-corrected chi connectivity index (χ2v) is 6.83. The van der Waals surface area contributed by atoms with Crippen LogP contribution in [0.1, 0.15) is 40.6 Å². The molecular formula is C21H21N3O3. The first kappa shape index (κ1) is 17.4. The molecule has 0 bridgehead atoms. The molecule has 1 N–H and O–H groups in total. The van der Waals surface area contributed by atoms with E-state index >= 15 is 0 Å². The Labute approximate surface area is 157 Å². The van der Waals surface area contributed by atoms with Crippen molar-refractivity contribution in [2.75, 3.05) is 13.1 Å². The minimum atomic E-state index is -0.952. The normalized spacial score (nSPS) is 17.7. The molecule has 1 unspecified atom stereocenters. The molecule has 0 spiro atoms. The van der Waals surface area contributed by atoms with Crippen LogP contribution >= 0.6 is 0 Å². The summed E-state index contributed by atoms with van der Waals surface area (Å²) in [5, 5.41) is 9.37. The summed E-state index contributed by atoms with van der Waals surface area (Å²) in [6.07, 6.45) is 5.64. The first-order valence-electron chi connectivity index (χ1n) is 9.10. The van der Waals surface area contributed by atoms with Gasteiger partial charge in [0.25, 0.3) is 0 Å². The topological polar surface area (TPSA) is 79.5 Å². The number of likely N-dealkylation sites (tertiary alicyclic amines) is 1. The van der Waals surface area contributed by atoms with Crippen LogP contribution < -0.4 is 0 Å². The maximum Gasteiger partial charge on any atom is 0.336 e. The Morgan fingerprint density at radius 1 is 1.22 bits per heavy atom. The standard InChI is InChI=1S/C21H21N3O3/c25-21(26)18-6-2-1-5-17(18)20-8-7-16(27-20)13-24-11-3-4-15(12-24)19-9-10-22-14-23-19/h1-2,5-10,14-15H,3-4,11-13H2,(H,25,26). The van der Waals surface area contributed by atoms with Gasteiger partial charge in [-0.15, -0.1) is 0 Å². The first-order valence-corrected chi connectivity index (χ1v) is 9.10. The first-order chi connectivity index (χ1) is 13.2. The molecule has 0 aliphatic carbocycles. The lowest BCUT2D eigenvalue weighted by Gasteiger charge is -2.31. The Kier molecular flexibility index (Phi) is 4.98. The molecule has 0 radical (unpaired) electrons. The quantitative estimate of drug-likeness (QED) is 0.742. The van der Waals surface area contributed by atoms with Crippen molar-refractivity contribution in [3.63, 3.8) is 0 Å². The molecule has 27 heavy (non-hydrogen) atoms. The zero-order chi connectivity index (χ0) is 18.6. The fourth-order valence-corrected chi connectivity index (χ4v) is 3.70. The third kappa shape index (κ3) is 3.90. The summed E-state index contributed by atoms with van der Waals surface area (Å²) in [5.41, 5.74) is 1.94. The van der Waals surface area contributed by atoms with Crippen LogP contribution in [0.4, 0.5) is 0 Å². The maximum absolute atomic E-state index is 11.4. The van der Waals surface area contributed by atoms with Gasteiger partial charge in [0.05, 0.1) is 12.1 Å². The molecule has 1 atom stereocenters. The predicted octanol–water partition coefficient (Wildman–Crippen LogP) is 3.81. The largest absolute Gasteiger partial charge is 0.478 e. The summed E-state index contributed by atoms with van der Waals surface area (Å²) in [4.78, 5) is 22.2. The van der Waals surface area contributed by atoms with Gasteiger partial charge in [0.2, 0.25) is 0 Å². The van der Waals surface area contributed by atoms with Gasteiger partial charge in [-0.2, -0.15) is 0 Å². The van der Waals surface area contributed by atoms with Crippen LogP contribution in [-0.4, -0.2) is 39.0 Å². The minimum Gasteiger partial charge on any atom is -0.478 e. The third-order valence-corrected chi connectivity index (χ3v) is 4.99. The fourth-order valence-electron chi connectivity index (χ4n) is 3.70. The van der Waals surface area contributed by atoms with Crippen LogP contribution in [0.15, 0.2) is 59.4 Å². The van der Waals surface area contributed by atoms with Crippen LogP contribution in [-0.2, 0) is 6.54 Å². The van der Waals surface area contributed by atoms with E-state index in [1.807, 2.05) is 24.3 Å². The van der Waals surface area contributed by atoms with Gasteiger partial charge in [-0.25, -0.2) is 14.8 Å². The van der Waals surface area contributed by atoms with Crippen molar-refractivity contribution < 1.29 is 14.3 Å². The fraction of sp³-hybridized carbons (Fsp3) is 0.286. The zero-order valence-corrected chi connectivity index (χ0v) is 14.9. The van der Waals surface area contributed by atoms with E-state index in [0.717, 1.165) is 37.4 Å². The molecule has 2 aromatic heterocycles. The molecule has 6 nitrogen and oxygen atoms in total. The highest BCUT2D eigenvalue weighted by atomic mass is 16.4. The Hall–Kier alpha value is -2.99.